The lowest BCUT2D eigenvalue weighted by Gasteiger charge is -2.35. The lowest BCUT2D eigenvalue weighted by atomic mass is 9.93. The summed E-state index contributed by atoms with van der Waals surface area (Å²) >= 11 is 0. The molecule has 0 atom stereocenters. The van der Waals surface area contributed by atoms with Gasteiger partial charge in [0.1, 0.15) is 0 Å². The van der Waals surface area contributed by atoms with E-state index in [1.807, 2.05) is 4.90 Å². The fourth-order valence-corrected chi connectivity index (χ4v) is 2.74. The second-order valence-corrected chi connectivity index (χ2v) is 6.56. The van der Waals surface area contributed by atoms with Crippen LogP contribution in [0.3, 0.4) is 0 Å². The molecule has 0 spiro atoms. The summed E-state index contributed by atoms with van der Waals surface area (Å²) in [6.45, 7) is 7.60. The fraction of sp³-hybridized carbons (Fsp3) is 0.867. The number of likely N-dealkylation sites (tertiary alicyclic amines) is 1. The predicted molar refractivity (Wildman–Crippen MR) is 80.5 cm³/mol. The van der Waals surface area contributed by atoms with E-state index >= 15 is 0 Å². The van der Waals surface area contributed by atoms with E-state index in [2.05, 4.69) is 26.1 Å². The SMILES string of the molecule is CCCC(C)(C)NC(=O)C1CCN(C(=O)N(C)C)CC1. The van der Waals surface area contributed by atoms with Crippen molar-refractivity contribution in [2.24, 2.45) is 5.92 Å². The molecule has 20 heavy (non-hydrogen) atoms. The van der Waals surface area contributed by atoms with E-state index < -0.39 is 0 Å². The molecule has 116 valence electrons. The van der Waals surface area contributed by atoms with Crippen LogP contribution in [-0.4, -0.2) is 54.5 Å². The van der Waals surface area contributed by atoms with E-state index in [4.69, 9.17) is 0 Å². The second kappa shape index (κ2) is 6.95. The summed E-state index contributed by atoms with van der Waals surface area (Å²) in [6, 6.07) is 0.0372. The van der Waals surface area contributed by atoms with Crippen molar-refractivity contribution in [1.82, 2.24) is 15.1 Å². The molecule has 1 heterocycles. The van der Waals surface area contributed by atoms with Crippen molar-refractivity contribution in [3.63, 3.8) is 0 Å². The third-order valence-electron chi connectivity index (χ3n) is 3.86. The summed E-state index contributed by atoms with van der Waals surface area (Å²) < 4.78 is 0. The Morgan fingerprint density at radius 2 is 1.80 bits per heavy atom. The van der Waals surface area contributed by atoms with E-state index in [-0.39, 0.29) is 23.4 Å². The van der Waals surface area contributed by atoms with Gasteiger partial charge < -0.3 is 15.1 Å². The summed E-state index contributed by atoms with van der Waals surface area (Å²) in [6.07, 6.45) is 3.56. The van der Waals surface area contributed by atoms with E-state index in [1.165, 1.54) is 0 Å². The first-order chi connectivity index (χ1) is 9.26. The second-order valence-electron chi connectivity index (χ2n) is 6.56. The molecule has 5 heteroatoms. The lowest BCUT2D eigenvalue weighted by Crippen LogP contribution is -2.50. The zero-order valence-electron chi connectivity index (χ0n) is 13.5. The molecule has 1 aliphatic heterocycles. The van der Waals surface area contributed by atoms with Crippen LogP contribution in [0.15, 0.2) is 0 Å². The summed E-state index contributed by atoms with van der Waals surface area (Å²) in [7, 11) is 3.52. The first kappa shape index (κ1) is 16.8. The highest BCUT2D eigenvalue weighted by atomic mass is 16.2. The smallest absolute Gasteiger partial charge is 0.319 e. The minimum absolute atomic E-state index is 0.0372. The number of carbonyl (C=O) groups is 2. The van der Waals surface area contributed by atoms with Crippen LogP contribution in [0, 0.1) is 5.92 Å². The van der Waals surface area contributed by atoms with Gasteiger partial charge in [0.25, 0.3) is 0 Å². The molecule has 0 saturated carbocycles. The zero-order chi connectivity index (χ0) is 15.3. The number of urea groups is 1. The monoisotopic (exact) mass is 283 g/mol. The number of piperidine rings is 1. The normalized spacial score (nSPS) is 16.9. The molecule has 0 aromatic heterocycles. The summed E-state index contributed by atoms with van der Waals surface area (Å²) in [5, 5.41) is 3.14. The number of carbonyl (C=O) groups excluding carboxylic acids is 2. The van der Waals surface area contributed by atoms with Crippen molar-refractivity contribution in [3.05, 3.63) is 0 Å². The maximum absolute atomic E-state index is 12.3. The molecule has 0 aromatic carbocycles. The van der Waals surface area contributed by atoms with Crippen LogP contribution < -0.4 is 5.32 Å². The van der Waals surface area contributed by atoms with Gasteiger partial charge in [-0.1, -0.05) is 13.3 Å². The molecule has 0 bridgehead atoms. The van der Waals surface area contributed by atoms with Gasteiger partial charge in [-0.25, -0.2) is 4.79 Å². The van der Waals surface area contributed by atoms with Gasteiger partial charge in [0.05, 0.1) is 0 Å². The van der Waals surface area contributed by atoms with E-state index in [0.717, 1.165) is 25.7 Å². The van der Waals surface area contributed by atoms with E-state index in [9.17, 15) is 9.59 Å². The lowest BCUT2D eigenvalue weighted by molar-refractivity contribution is -0.128. The van der Waals surface area contributed by atoms with Gasteiger partial charge in [0, 0.05) is 38.6 Å². The summed E-state index contributed by atoms with van der Waals surface area (Å²) in [5.41, 5.74) is -0.136. The van der Waals surface area contributed by atoms with Crippen LogP contribution in [0.4, 0.5) is 4.79 Å². The van der Waals surface area contributed by atoms with E-state index in [1.54, 1.807) is 19.0 Å². The molecule has 0 aliphatic carbocycles. The van der Waals surface area contributed by atoms with Crippen LogP contribution in [0.2, 0.25) is 0 Å². The van der Waals surface area contributed by atoms with Gasteiger partial charge in [-0.15, -0.1) is 0 Å². The van der Waals surface area contributed by atoms with Crippen molar-refractivity contribution in [2.75, 3.05) is 27.2 Å². The molecule has 1 rings (SSSR count). The van der Waals surface area contributed by atoms with Crippen molar-refractivity contribution >= 4 is 11.9 Å². The standard InChI is InChI=1S/C15H29N3O2/c1-6-9-15(2,3)16-13(19)12-7-10-18(11-8-12)14(20)17(4)5/h12H,6-11H2,1-5H3,(H,16,19). The molecule has 1 fully saturated rings. The molecular formula is C15H29N3O2. The van der Waals surface area contributed by atoms with E-state index in [0.29, 0.717) is 13.1 Å². The van der Waals surface area contributed by atoms with Gasteiger partial charge in [-0.2, -0.15) is 0 Å². The zero-order valence-corrected chi connectivity index (χ0v) is 13.5. The highest BCUT2D eigenvalue weighted by Crippen LogP contribution is 2.20. The first-order valence-corrected chi connectivity index (χ1v) is 7.55. The highest BCUT2D eigenvalue weighted by molar-refractivity contribution is 5.80. The molecule has 3 amide bonds. The molecule has 1 saturated heterocycles. The van der Waals surface area contributed by atoms with Crippen molar-refractivity contribution < 1.29 is 9.59 Å². The summed E-state index contributed by atoms with van der Waals surface area (Å²) in [5.74, 6) is 0.178. The third-order valence-corrected chi connectivity index (χ3v) is 3.86. The van der Waals surface area contributed by atoms with Crippen LogP contribution in [0.1, 0.15) is 46.5 Å². The highest BCUT2D eigenvalue weighted by Gasteiger charge is 2.30. The topological polar surface area (TPSA) is 52.7 Å². The summed E-state index contributed by atoms with van der Waals surface area (Å²) in [4.78, 5) is 27.5. The number of hydrogen-bond donors (Lipinski definition) is 1. The maximum atomic E-state index is 12.3. The Bertz CT molecular complexity index is 345. The number of hydrogen-bond acceptors (Lipinski definition) is 2. The number of amides is 3. The Kier molecular flexibility index (Phi) is 5.84. The Labute approximate surface area is 122 Å². The Morgan fingerprint density at radius 3 is 2.25 bits per heavy atom. The molecule has 0 unspecified atom stereocenters. The average molecular weight is 283 g/mol. The van der Waals surface area contributed by atoms with Gasteiger partial charge in [-0.05, 0) is 33.1 Å². The quantitative estimate of drug-likeness (QED) is 0.859. The minimum Gasteiger partial charge on any atom is -0.351 e. The van der Waals surface area contributed by atoms with Crippen LogP contribution in [0.5, 0.6) is 0 Å². The number of rotatable bonds is 4. The van der Waals surface area contributed by atoms with Gasteiger partial charge >= 0.3 is 6.03 Å². The number of nitrogens with one attached hydrogen (secondary N) is 1. The van der Waals surface area contributed by atoms with Crippen molar-refractivity contribution in [1.29, 1.82) is 0 Å². The van der Waals surface area contributed by atoms with Crippen molar-refractivity contribution in [3.8, 4) is 0 Å². The van der Waals surface area contributed by atoms with Crippen molar-refractivity contribution in [2.45, 2.75) is 52.0 Å². The minimum atomic E-state index is -0.136. The molecule has 1 aliphatic rings. The Morgan fingerprint density at radius 1 is 1.25 bits per heavy atom. The van der Waals surface area contributed by atoms with Crippen LogP contribution >= 0.6 is 0 Å². The number of nitrogens with zero attached hydrogens (tertiary/aromatic N) is 2. The third kappa shape index (κ3) is 4.69. The fourth-order valence-electron chi connectivity index (χ4n) is 2.74. The molecule has 5 nitrogen and oxygen atoms in total. The first-order valence-electron chi connectivity index (χ1n) is 7.55. The molecule has 0 aromatic rings. The predicted octanol–water partition coefficient (Wildman–Crippen LogP) is 2.07. The molecular weight excluding hydrogens is 254 g/mol. The van der Waals surface area contributed by atoms with Crippen LogP contribution in [-0.2, 0) is 4.79 Å². The van der Waals surface area contributed by atoms with Gasteiger partial charge in [0.2, 0.25) is 5.91 Å². The Hall–Kier alpha value is -1.26. The van der Waals surface area contributed by atoms with Crippen LogP contribution in [0.25, 0.3) is 0 Å². The average Bonchev–Trinajstić information content (AvgIpc) is 2.37. The molecule has 1 N–H and O–H groups in total. The largest absolute Gasteiger partial charge is 0.351 e. The maximum Gasteiger partial charge on any atom is 0.319 e. The Balaban J connectivity index is 2.45. The van der Waals surface area contributed by atoms with Gasteiger partial charge in [0.15, 0.2) is 0 Å². The molecule has 0 radical (unpaired) electrons. The van der Waals surface area contributed by atoms with Gasteiger partial charge in [-0.3, -0.25) is 4.79 Å².